The maximum atomic E-state index is 13.6. The van der Waals surface area contributed by atoms with Gasteiger partial charge in [-0.2, -0.15) is 0 Å². The van der Waals surface area contributed by atoms with E-state index in [1.165, 1.54) is 16.7 Å². The molecule has 0 unspecified atom stereocenters. The third-order valence-corrected chi connectivity index (χ3v) is 7.70. The Morgan fingerprint density at radius 1 is 1.13 bits per heavy atom. The van der Waals surface area contributed by atoms with Crippen molar-refractivity contribution >= 4 is 29.5 Å². The Balaban J connectivity index is 1.70. The molecule has 2 aromatic rings. The molecule has 8 nitrogen and oxygen atoms in total. The van der Waals surface area contributed by atoms with Gasteiger partial charge in [0, 0.05) is 18.1 Å². The lowest BCUT2D eigenvalue weighted by Gasteiger charge is -2.29. The van der Waals surface area contributed by atoms with Crippen molar-refractivity contribution in [1.82, 2.24) is 10.2 Å². The molecule has 3 atom stereocenters. The van der Waals surface area contributed by atoms with E-state index < -0.39 is 24.1 Å². The molecular formula is C30H40N2O6S. The molecule has 1 saturated heterocycles. The molecule has 0 spiro atoms. The van der Waals surface area contributed by atoms with Crippen molar-refractivity contribution in [2.45, 2.75) is 70.0 Å². The number of carbonyl (C=O) groups is 3. The van der Waals surface area contributed by atoms with Gasteiger partial charge in [-0.15, -0.1) is 11.8 Å². The van der Waals surface area contributed by atoms with Crippen molar-refractivity contribution in [3.8, 4) is 0 Å². The Morgan fingerprint density at radius 2 is 1.85 bits per heavy atom. The summed E-state index contributed by atoms with van der Waals surface area (Å²) in [4.78, 5) is 40.6. The molecular weight excluding hydrogens is 516 g/mol. The molecule has 0 radical (unpaired) electrons. The fourth-order valence-corrected chi connectivity index (χ4v) is 4.99. The monoisotopic (exact) mass is 556 g/mol. The molecule has 1 heterocycles. The molecule has 0 saturated carbocycles. The second-order valence-corrected chi connectivity index (χ2v) is 11.7. The zero-order valence-corrected chi connectivity index (χ0v) is 23.8. The molecule has 2 N–H and O–H groups in total. The van der Waals surface area contributed by atoms with Gasteiger partial charge in [-0.3, -0.25) is 9.59 Å². The van der Waals surface area contributed by atoms with Gasteiger partial charge in [0.05, 0.1) is 31.7 Å². The Labute approximate surface area is 235 Å². The zero-order valence-electron chi connectivity index (χ0n) is 23.0. The van der Waals surface area contributed by atoms with Crippen molar-refractivity contribution in [2.75, 3.05) is 25.6 Å². The van der Waals surface area contributed by atoms with Gasteiger partial charge >= 0.3 is 6.09 Å². The second kappa shape index (κ2) is 15.6. The summed E-state index contributed by atoms with van der Waals surface area (Å²) in [5.74, 6) is -0.430. The van der Waals surface area contributed by atoms with E-state index in [1.807, 2.05) is 75.4 Å². The highest BCUT2D eigenvalue weighted by atomic mass is 32.2. The third-order valence-electron chi connectivity index (χ3n) is 6.57. The van der Waals surface area contributed by atoms with Crippen LogP contribution in [0.2, 0.25) is 0 Å². The summed E-state index contributed by atoms with van der Waals surface area (Å²) >= 11 is 1.51. The molecule has 2 aromatic carbocycles. The Kier molecular flexibility index (Phi) is 12.3. The van der Waals surface area contributed by atoms with Crippen molar-refractivity contribution in [3.63, 3.8) is 0 Å². The van der Waals surface area contributed by atoms with Crippen molar-refractivity contribution in [3.05, 3.63) is 71.3 Å². The van der Waals surface area contributed by atoms with E-state index in [9.17, 15) is 19.5 Å². The highest BCUT2D eigenvalue weighted by Crippen LogP contribution is 2.17. The largest absolute Gasteiger partial charge is 0.444 e. The number of nitrogens with one attached hydrogen (secondary N) is 1. The minimum Gasteiger partial charge on any atom is -0.444 e. The number of carbonyl (C=O) groups excluding carboxylic acids is 3. The summed E-state index contributed by atoms with van der Waals surface area (Å²) < 4.78 is 10.7. The number of Topliss-reactive ketones (excluding diaryl/α,β-unsaturated/α-hetero) is 1. The molecule has 3 rings (SSSR count). The predicted molar refractivity (Wildman–Crippen MR) is 153 cm³/mol. The summed E-state index contributed by atoms with van der Waals surface area (Å²) in [7, 11) is 0. The number of ketones is 1. The lowest BCUT2D eigenvalue weighted by atomic mass is 10.00. The van der Waals surface area contributed by atoms with Gasteiger partial charge in [0.25, 0.3) is 5.91 Å². The van der Waals surface area contributed by atoms with Gasteiger partial charge in [0.15, 0.2) is 11.9 Å². The van der Waals surface area contributed by atoms with Crippen LogP contribution in [0.25, 0.3) is 0 Å². The van der Waals surface area contributed by atoms with Gasteiger partial charge in [-0.05, 0) is 36.5 Å². The fourth-order valence-electron chi connectivity index (χ4n) is 4.29. The standard InChI is InChI=1S/C30H40N2O6S/c1-21(2)39-20-32(18-25(33)14-13-24-12-8-7-9-22(24)3)29(35)28(34)27(17-23-10-5-4-6-11-23)31-30(36)38-26-15-16-37-19-26/h4-12,21,26-28,34H,13-20H2,1-3H3,(H,31,36)/t26-,27-,28-/m0/s1. The highest BCUT2D eigenvalue weighted by Gasteiger charge is 2.33. The normalized spacial score (nSPS) is 16.5. The molecule has 39 heavy (non-hydrogen) atoms. The van der Waals surface area contributed by atoms with E-state index in [0.717, 1.165) is 16.7 Å². The number of thioether (sulfide) groups is 1. The lowest BCUT2D eigenvalue weighted by Crippen LogP contribution is -2.54. The van der Waals surface area contributed by atoms with Crippen molar-refractivity contribution < 1.29 is 29.0 Å². The number of alkyl carbamates (subject to hydrolysis) is 1. The van der Waals surface area contributed by atoms with Gasteiger partial charge in [0.1, 0.15) is 6.10 Å². The van der Waals surface area contributed by atoms with E-state index in [2.05, 4.69) is 5.32 Å². The topological polar surface area (TPSA) is 105 Å². The molecule has 1 fully saturated rings. The molecule has 0 aromatic heterocycles. The number of hydrogen-bond acceptors (Lipinski definition) is 7. The third kappa shape index (κ3) is 10.3. The van der Waals surface area contributed by atoms with E-state index in [-0.39, 0.29) is 36.0 Å². The quantitative estimate of drug-likeness (QED) is 0.340. The van der Waals surface area contributed by atoms with Crippen LogP contribution in [0.1, 0.15) is 43.4 Å². The SMILES string of the molecule is Cc1ccccc1CCC(=O)CN(CSC(C)C)C(=O)[C@@H](O)[C@H](Cc1ccccc1)NC(=O)O[C@H]1CCOC1. The number of aryl methyl sites for hydroxylation is 2. The lowest BCUT2D eigenvalue weighted by molar-refractivity contribution is -0.143. The number of aliphatic hydroxyl groups is 1. The van der Waals surface area contributed by atoms with Crippen LogP contribution in [0.3, 0.4) is 0 Å². The first-order valence-electron chi connectivity index (χ1n) is 13.5. The minimum absolute atomic E-state index is 0.0867. The highest BCUT2D eigenvalue weighted by molar-refractivity contribution is 7.99. The van der Waals surface area contributed by atoms with Crippen LogP contribution in [0.4, 0.5) is 4.79 Å². The molecule has 9 heteroatoms. The first kappa shape index (κ1) is 30.7. The van der Waals surface area contributed by atoms with Crippen LogP contribution in [0.5, 0.6) is 0 Å². The number of rotatable bonds is 14. The van der Waals surface area contributed by atoms with Crippen LogP contribution in [0, 0.1) is 6.92 Å². The van der Waals surface area contributed by atoms with Crippen LogP contribution in [0.15, 0.2) is 54.6 Å². The number of benzene rings is 2. The average molecular weight is 557 g/mol. The minimum atomic E-state index is -1.56. The molecule has 1 aliphatic rings. The number of nitrogens with zero attached hydrogens (tertiary/aromatic N) is 1. The number of amides is 2. The average Bonchev–Trinajstić information content (AvgIpc) is 3.42. The van der Waals surface area contributed by atoms with Crippen LogP contribution < -0.4 is 5.32 Å². The Morgan fingerprint density at radius 3 is 2.51 bits per heavy atom. The summed E-state index contributed by atoms with van der Waals surface area (Å²) in [5.41, 5.74) is 3.06. The first-order chi connectivity index (χ1) is 18.7. The number of ether oxygens (including phenoxy) is 2. The second-order valence-electron chi connectivity index (χ2n) is 10.1. The summed E-state index contributed by atoms with van der Waals surface area (Å²) in [6, 6.07) is 16.3. The van der Waals surface area contributed by atoms with Crippen LogP contribution in [-0.4, -0.2) is 76.9 Å². The Hall–Kier alpha value is -2.88. The van der Waals surface area contributed by atoms with Gasteiger partial charge in [-0.1, -0.05) is 68.4 Å². The number of hydrogen-bond donors (Lipinski definition) is 2. The van der Waals surface area contributed by atoms with E-state index >= 15 is 0 Å². The van der Waals surface area contributed by atoms with Crippen molar-refractivity contribution in [2.24, 2.45) is 0 Å². The Bertz CT molecular complexity index is 1070. The van der Waals surface area contributed by atoms with Crippen molar-refractivity contribution in [1.29, 1.82) is 0 Å². The molecule has 0 bridgehead atoms. The first-order valence-corrected chi connectivity index (χ1v) is 14.5. The maximum Gasteiger partial charge on any atom is 0.407 e. The maximum absolute atomic E-state index is 13.6. The van der Waals surface area contributed by atoms with E-state index in [0.29, 0.717) is 32.5 Å². The molecule has 2 amide bonds. The molecule has 0 aliphatic carbocycles. The predicted octanol–water partition coefficient (Wildman–Crippen LogP) is 3.91. The number of aliphatic hydroxyl groups excluding tert-OH is 1. The molecule has 1 aliphatic heterocycles. The summed E-state index contributed by atoms with van der Waals surface area (Å²) in [6.45, 7) is 6.76. The summed E-state index contributed by atoms with van der Waals surface area (Å²) in [5, 5.41) is 14.2. The zero-order chi connectivity index (χ0) is 28.2. The van der Waals surface area contributed by atoms with Gasteiger partial charge in [0.2, 0.25) is 0 Å². The van der Waals surface area contributed by atoms with E-state index in [1.54, 1.807) is 0 Å². The molecule has 212 valence electrons. The fraction of sp³-hybridized carbons (Fsp3) is 0.500. The van der Waals surface area contributed by atoms with Gasteiger partial charge < -0.3 is 24.8 Å². The van der Waals surface area contributed by atoms with Gasteiger partial charge in [-0.25, -0.2) is 4.79 Å². The summed E-state index contributed by atoms with van der Waals surface area (Å²) in [6.07, 6.45) is -0.939. The van der Waals surface area contributed by atoms with Crippen LogP contribution >= 0.6 is 11.8 Å². The smallest absolute Gasteiger partial charge is 0.407 e. The van der Waals surface area contributed by atoms with E-state index in [4.69, 9.17) is 9.47 Å². The van der Waals surface area contributed by atoms with Crippen LogP contribution in [-0.2, 0) is 31.9 Å².